The highest BCUT2D eigenvalue weighted by Crippen LogP contribution is 2.50. The lowest BCUT2D eigenvalue weighted by atomic mass is 9.58. The molecule has 1 saturated carbocycles. The summed E-state index contributed by atoms with van der Waals surface area (Å²) in [5, 5.41) is 11.6. The van der Waals surface area contributed by atoms with Gasteiger partial charge in [0.25, 0.3) is 0 Å². The van der Waals surface area contributed by atoms with E-state index >= 15 is 0 Å². The first kappa shape index (κ1) is 19.0. The average molecular weight is 366 g/mol. The van der Waals surface area contributed by atoms with Crippen LogP contribution in [0.2, 0.25) is 0 Å². The van der Waals surface area contributed by atoms with E-state index in [0.29, 0.717) is 11.1 Å². The Labute approximate surface area is 158 Å². The van der Waals surface area contributed by atoms with E-state index in [9.17, 15) is 19.5 Å². The van der Waals surface area contributed by atoms with Crippen LogP contribution in [0.15, 0.2) is 60.7 Å². The highest BCUT2D eigenvalue weighted by Gasteiger charge is 2.57. The van der Waals surface area contributed by atoms with Gasteiger partial charge >= 0.3 is 5.97 Å². The van der Waals surface area contributed by atoms with Crippen LogP contribution in [0.3, 0.4) is 0 Å². The number of hydrogen-bond acceptors (Lipinski definition) is 5. The molecule has 1 N–H and O–H groups in total. The molecule has 140 valence electrons. The lowest BCUT2D eigenvalue weighted by molar-refractivity contribution is -0.164. The Morgan fingerprint density at radius 2 is 1.59 bits per heavy atom. The quantitative estimate of drug-likeness (QED) is 0.665. The van der Waals surface area contributed by atoms with Gasteiger partial charge in [-0.3, -0.25) is 14.4 Å². The predicted octanol–water partition coefficient (Wildman–Crippen LogP) is 2.63. The zero-order valence-electron chi connectivity index (χ0n) is 15.3. The van der Waals surface area contributed by atoms with Crippen molar-refractivity contribution in [3.63, 3.8) is 0 Å². The van der Waals surface area contributed by atoms with Gasteiger partial charge in [-0.05, 0) is 18.1 Å². The maximum absolute atomic E-state index is 13.0. The van der Waals surface area contributed by atoms with Gasteiger partial charge in [0.2, 0.25) is 0 Å². The molecule has 1 fully saturated rings. The molecule has 0 aromatic heterocycles. The molecule has 1 aliphatic carbocycles. The highest BCUT2D eigenvalue weighted by molar-refractivity contribution is 6.03. The molecule has 5 nitrogen and oxygen atoms in total. The van der Waals surface area contributed by atoms with E-state index in [1.54, 1.807) is 54.6 Å². The maximum Gasteiger partial charge on any atom is 0.316 e. The fraction of sp³-hybridized carbons (Fsp3) is 0.318. The molecular formula is C22H22O5. The predicted molar refractivity (Wildman–Crippen MR) is 98.8 cm³/mol. The highest BCUT2D eigenvalue weighted by atomic mass is 16.5. The smallest absolute Gasteiger partial charge is 0.316 e. The van der Waals surface area contributed by atoms with Crippen molar-refractivity contribution >= 4 is 17.5 Å². The van der Waals surface area contributed by atoms with Crippen LogP contribution >= 0.6 is 0 Å². The van der Waals surface area contributed by atoms with E-state index < -0.39 is 35.1 Å². The molecule has 0 radical (unpaired) electrons. The molecule has 5 heteroatoms. The van der Waals surface area contributed by atoms with Gasteiger partial charge in [0, 0.05) is 12.3 Å². The Morgan fingerprint density at radius 3 is 2.11 bits per heavy atom. The molecule has 0 amide bonds. The average Bonchev–Trinajstić information content (AvgIpc) is 2.68. The van der Waals surface area contributed by atoms with Crippen LogP contribution in [0, 0.1) is 11.8 Å². The van der Waals surface area contributed by atoms with E-state index in [0.717, 1.165) is 0 Å². The third-order valence-electron chi connectivity index (χ3n) is 5.37. The Bertz CT molecular complexity index is 846. The summed E-state index contributed by atoms with van der Waals surface area (Å²) in [5.41, 5.74) is -0.548. The molecule has 0 spiro atoms. The van der Waals surface area contributed by atoms with Crippen LogP contribution in [0.1, 0.15) is 30.4 Å². The second-order valence-electron chi connectivity index (χ2n) is 6.96. The number of carbonyl (C=O) groups is 3. The molecular weight excluding hydrogens is 344 g/mol. The van der Waals surface area contributed by atoms with Crippen molar-refractivity contribution in [3.8, 4) is 0 Å². The number of hydrogen-bond donors (Lipinski definition) is 1. The number of Topliss-reactive ketones (excluding diaryl/α,β-unsaturated/α-hetero) is 2. The first-order valence-electron chi connectivity index (χ1n) is 8.84. The zero-order valence-corrected chi connectivity index (χ0v) is 15.3. The number of ether oxygens (including phenoxy) is 1. The van der Waals surface area contributed by atoms with Crippen LogP contribution < -0.4 is 0 Å². The SMILES string of the molecule is COC(=O)C1C(=O)CC(O)(c2ccccc2)C(C(C)=O)C1c1ccccc1. The summed E-state index contributed by atoms with van der Waals surface area (Å²) in [6, 6.07) is 17.6. The lowest BCUT2D eigenvalue weighted by Crippen LogP contribution is -2.54. The summed E-state index contributed by atoms with van der Waals surface area (Å²) < 4.78 is 4.86. The van der Waals surface area contributed by atoms with Gasteiger partial charge < -0.3 is 9.84 Å². The Kier molecular flexibility index (Phi) is 5.24. The number of ketones is 2. The van der Waals surface area contributed by atoms with E-state index in [4.69, 9.17) is 4.74 Å². The third-order valence-corrected chi connectivity index (χ3v) is 5.37. The van der Waals surface area contributed by atoms with Crippen LogP contribution in [0.4, 0.5) is 0 Å². The van der Waals surface area contributed by atoms with E-state index in [1.165, 1.54) is 14.0 Å². The number of aliphatic hydroxyl groups is 1. The van der Waals surface area contributed by atoms with Crippen molar-refractivity contribution in [2.75, 3.05) is 7.11 Å². The lowest BCUT2D eigenvalue weighted by Gasteiger charge is -2.46. The second kappa shape index (κ2) is 7.45. The van der Waals surface area contributed by atoms with Crippen LogP contribution in [-0.2, 0) is 24.7 Å². The summed E-state index contributed by atoms with van der Waals surface area (Å²) in [7, 11) is 1.22. The molecule has 4 atom stereocenters. The minimum atomic E-state index is -1.69. The first-order valence-corrected chi connectivity index (χ1v) is 8.84. The van der Waals surface area contributed by atoms with Gasteiger partial charge in [0.05, 0.1) is 13.0 Å². The number of benzene rings is 2. The fourth-order valence-electron chi connectivity index (χ4n) is 4.24. The molecule has 4 unspecified atom stereocenters. The minimum Gasteiger partial charge on any atom is -0.468 e. The third kappa shape index (κ3) is 3.30. The van der Waals surface area contributed by atoms with Gasteiger partial charge in [-0.1, -0.05) is 60.7 Å². The van der Waals surface area contributed by atoms with Crippen LogP contribution in [-0.4, -0.2) is 29.8 Å². The molecule has 2 aromatic carbocycles. The van der Waals surface area contributed by atoms with Gasteiger partial charge in [-0.15, -0.1) is 0 Å². The zero-order chi connectivity index (χ0) is 19.6. The molecule has 2 aromatic rings. The van der Waals surface area contributed by atoms with E-state index in [-0.39, 0.29) is 12.2 Å². The maximum atomic E-state index is 13.0. The van der Waals surface area contributed by atoms with Crippen molar-refractivity contribution in [2.45, 2.75) is 24.9 Å². The number of carbonyl (C=O) groups excluding carboxylic acids is 3. The summed E-state index contributed by atoms with van der Waals surface area (Å²) in [5.74, 6) is -4.28. The normalized spacial score (nSPS) is 27.8. The molecule has 0 bridgehead atoms. The summed E-state index contributed by atoms with van der Waals surface area (Å²) >= 11 is 0. The topological polar surface area (TPSA) is 80.7 Å². The summed E-state index contributed by atoms with van der Waals surface area (Å²) in [6.07, 6.45) is -0.315. The molecule has 27 heavy (non-hydrogen) atoms. The van der Waals surface area contributed by atoms with Gasteiger partial charge in [0.1, 0.15) is 17.3 Å². The molecule has 0 heterocycles. The largest absolute Gasteiger partial charge is 0.468 e. The molecule has 0 aliphatic heterocycles. The van der Waals surface area contributed by atoms with Crippen molar-refractivity contribution < 1.29 is 24.2 Å². The molecule has 1 aliphatic rings. The van der Waals surface area contributed by atoms with E-state index in [2.05, 4.69) is 0 Å². The van der Waals surface area contributed by atoms with Crippen molar-refractivity contribution in [2.24, 2.45) is 11.8 Å². The fourth-order valence-corrected chi connectivity index (χ4v) is 4.24. The van der Waals surface area contributed by atoms with Crippen LogP contribution in [0.25, 0.3) is 0 Å². The summed E-state index contributed by atoms with van der Waals surface area (Å²) in [6.45, 7) is 1.39. The molecule has 0 saturated heterocycles. The number of rotatable bonds is 4. The van der Waals surface area contributed by atoms with Crippen LogP contribution in [0.5, 0.6) is 0 Å². The van der Waals surface area contributed by atoms with E-state index in [1.807, 2.05) is 6.07 Å². The van der Waals surface area contributed by atoms with Crippen molar-refractivity contribution in [1.82, 2.24) is 0 Å². The standard InChI is InChI=1S/C22H22O5/c1-14(23)20-18(15-9-5-3-6-10-15)19(21(25)27-2)17(24)13-22(20,26)16-11-7-4-8-12-16/h3-12,18-20,26H,13H2,1-2H3. The Morgan fingerprint density at radius 1 is 1.04 bits per heavy atom. The van der Waals surface area contributed by atoms with Crippen molar-refractivity contribution in [1.29, 1.82) is 0 Å². The van der Waals surface area contributed by atoms with Gasteiger partial charge in [-0.2, -0.15) is 0 Å². The Hall–Kier alpha value is -2.79. The van der Waals surface area contributed by atoms with Crippen molar-refractivity contribution in [3.05, 3.63) is 71.8 Å². The number of esters is 1. The number of methoxy groups -OCH3 is 1. The van der Waals surface area contributed by atoms with Gasteiger partial charge in [-0.25, -0.2) is 0 Å². The molecule has 3 rings (SSSR count). The summed E-state index contributed by atoms with van der Waals surface area (Å²) in [4.78, 5) is 38.1. The first-order chi connectivity index (χ1) is 12.9. The second-order valence-corrected chi connectivity index (χ2v) is 6.96. The van der Waals surface area contributed by atoms with Gasteiger partial charge in [0.15, 0.2) is 5.78 Å². The Balaban J connectivity index is 2.22. The monoisotopic (exact) mass is 366 g/mol. The minimum absolute atomic E-state index is 0.281.